The van der Waals surface area contributed by atoms with Crippen molar-refractivity contribution < 1.29 is 0 Å². The molecule has 0 heteroatoms. The Kier molecular flexibility index (Phi) is 6.53. The Morgan fingerprint density at radius 1 is 1.33 bits per heavy atom. The topological polar surface area (TPSA) is 0 Å². The van der Waals surface area contributed by atoms with E-state index >= 15 is 0 Å². The van der Waals surface area contributed by atoms with Crippen LogP contribution in [-0.4, -0.2) is 0 Å². The molecule has 0 fully saturated rings. The van der Waals surface area contributed by atoms with Crippen molar-refractivity contribution in [2.75, 3.05) is 0 Å². The van der Waals surface area contributed by atoms with Crippen molar-refractivity contribution in [3.05, 3.63) is 34.4 Å². The molecule has 0 aromatic carbocycles. The summed E-state index contributed by atoms with van der Waals surface area (Å²) in [5.74, 6) is 6.92. The van der Waals surface area contributed by atoms with Gasteiger partial charge in [0.25, 0.3) is 0 Å². The fraction of sp³-hybridized carbons (Fsp3) is 0.619. The molecule has 0 heterocycles. The van der Waals surface area contributed by atoms with Gasteiger partial charge in [0.15, 0.2) is 0 Å². The maximum absolute atomic E-state index is 3.35. The van der Waals surface area contributed by atoms with Crippen molar-refractivity contribution in [1.29, 1.82) is 0 Å². The van der Waals surface area contributed by atoms with Crippen molar-refractivity contribution >= 4 is 0 Å². The quantitative estimate of drug-likeness (QED) is 0.412. The van der Waals surface area contributed by atoms with Crippen molar-refractivity contribution in [2.45, 2.75) is 74.1 Å². The Bertz CT molecular complexity index is 512. The SMILES string of the molecule is C/C=C(/C)C#CC(C)/C(C)=C/CC1=C(C)CCCC1(C)C. The summed E-state index contributed by atoms with van der Waals surface area (Å²) in [4.78, 5) is 0. The second-order valence-corrected chi connectivity index (χ2v) is 7.11. The highest BCUT2D eigenvalue weighted by molar-refractivity contribution is 5.31. The Morgan fingerprint density at radius 2 is 2.00 bits per heavy atom. The van der Waals surface area contributed by atoms with Crippen LogP contribution in [0.4, 0.5) is 0 Å². The molecule has 1 unspecified atom stereocenters. The van der Waals surface area contributed by atoms with Crippen LogP contribution in [0.5, 0.6) is 0 Å². The lowest BCUT2D eigenvalue weighted by atomic mass is 9.71. The summed E-state index contributed by atoms with van der Waals surface area (Å²) in [5, 5.41) is 0. The molecule has 0 spiro atoms. The van der Waals surface area contributed by atoms with Gasteiger partial charge in [0, 0.05) is 5.92 Å². The van der Waals surface area contributed by atoms with Crippen LogP contribution in [0.1, 0.15) is 74.1 Å². The van der Waals surface area contributed by atoms with E-state index in [0.717, 1.165) is 12.0 Å². The summed E-state index contributed by atoms with van der Waals surface area (Å²) in [7, 11) is 0. The van der Waals surface area contributed by atoms with E-state index in [9.17, 15) is 0 Å². The van der Waals surface area contributed by atoms with Crippen LogP contribution in [0.15, 0.2) is 34.4 Å². The van der Waals surface area contributed by atoms with Crippen LogP contribution in [0.2, 0.25) is 0 Å². The summed E-state index contributed by atoms with van der Waals surface area (Å²) in [6.45, 7) is 15.6. The van der Waals surface area contributed by atoms with E-state index in [1.807, 2.05) is 6.92 Å². The number of allylic oxidation sites excluding steroid dienone is 6. The second-order valence-electron chi connectivity index (χ2n) is 7.11. The first-order valence-electron chi connectivity index (χ1n) is 8.28. The highest BCUT2D eigenvalue weighted by Crippen LogP contribution is 2.42. The lowest BCUT2D eigenvalue weighted by Gasteiger charge is -2.34. The summed E-state index contributed by atoms with van der Waals surface area (Å²) in [6.07, 6.45) is 9.51. The minimum Gasteiger partial charge on any atom is -0.0907 e. The predicted octanol–water partition coefficient (Wildman–Crippen LogP) is 6.46. The van der Waals surface area contributed by atoms with Gasteiger partial charge < -0.3 is 0 Å². The number of hydrogen-bond donors (Lipinski definition) is 0. The van der Waals surface area contributed by atoms with E-state index in [0.29, 0.717) is 11.3 Å². The third-order valence-corrected chi connectivity index (χ3v) is 4.92. The van der Waals surface area contributed by atoms with Crippen LogP contribution in [0, 0.1) is 23.2 Å². The molecular weight excluding hydrogens is 252 g/mol. The molecule has 1 aliphatic rings. The molecule has 1 atom stereocenters. The highest BCUT2D eigenvalue weighted by atomic mass is 14.3. The normalized spacial score (nSPS) is 20.9. The molecule has 0 N–H and O–H groups in total. The minimum absolute atomic E-state index is 0.340. The molecular formula is C21H32. The van der Waals surface area contributed by atoms with Crippen molar-refractivity contribution in [1.82, 2.24) is 0 Å². The van der Waals surface area contributed by atoms with Gasteiger partial charge in [-0.15, -0.1) is 0 Å². The van der Waals surface area contributed by atoms with E-state index in [2.05, 4.69) is 65.5 Å². The summed E-state index contributed by atoms with van der Waals surface area (Å²) in [6, 6.07) is 0. The minimum atomic E-state index is 0.340. The zero-order chi connectivity index (χ0) is 16.0. The predicted molar refractivity (Wildman–Crippen MR) is 95.1 cm³/mol. The zero-order valence-electron chi connectivity index (χ0n) is 15.1. The summed E-state index contributed by atoms with van der Waals surface area (Å²) >= 11 is 0. The van der Waals surface area contributed by atoms with Crippen LogP contribution in [-0.2, 0) is 0 Å². The van der Waals surface area contributed by atoms with Crippen molar-refractivity contribution in [2.24, 2.45) is 11.3 Å². The Balaban J connectivity index is 2.81. The van der Waals surface area contributed by atoms with Gasteiger partial charge in [0.05, 0.1) is 0 Å². The van der Waals surface area contributed by atoms with Crippen LogP contribution in [0.3, 0.4) is 0 Å². The Hall–Kier alpha value is -1.22. The maximum Gasteiger partial charge on any atom is 0.0384 e. The fourth-order valence-corrected chi connectivity index (χ4v) is 2.97. The zero-order valence-corrected chi connectivity index (χ0v) is 15.1. The van der Waals surface area contributed by atoms with Gasteiger partial charge in [-0.3, -0.25) is 0 Å². The molecule has 0 saturated heterocycles. The van der Waals surface area contributed by atoms with Crippen LogP contribution in [0.25, 0.3) is 0 Å². The average Bonchev–Trinajstić information content (AvgIpc) is 2.42. The Labute approximate surface area is 132 Å². The molecule has 0 nitrogen and oxygen atoms in total. The van der Waals surface area contributed by atoms with Crippen LogP contribution >= 0.6 is 0 Å². The lowest BCUT2D eigenvalue weighted by Crippen LogP contribution is -2.20. The first-order valence-corrected chi connectivity index (χ1v) is 8.28. The van der Waals surface area contributed by atoms with Gasteiger partial charge in [-0.25, -0.2) is 0 Å². The maximum atomic E-state index is 3.35. The highest BCUT2D eigenvalue weighted by Gasteiger charge is 2.27. The van der Waals surface area contributed by atoms with E-state index in [1.54, 1.807) is 11.1 Å². The van der Waals surface area contributed by atoms with Gasteiger partial charge in [-0.2, -0.15) is 0 Å². The molecule has 0 aliphatic heterocycles. The Morgan fingerprint density at radius 3 is 2.57 bits per heavy atom. The second kappa shape index (κ2) is 7.69. The molecule has 0 radical (unpaired) electrons. The van der Waals surface area contributed by atoms with Gasteiger partial charge in [-0.05, 0) is 71.3 Å². The van der Waals surface area contributed by atoms with Crippen molar-refractivity contribution in [3.8, 4) is 11.8 Å². The number of hydrogen-bond acceptors (Lipinski definition) is 0. The fourth-order valence-electron chi connectivity index (χ4n) is 2.97. The van der Waals surface area contributed by atoms with Crippen molar-refractivity contribution in [3.63, 3.8) is 0 Å². The van der Waals surface area contributed by atoms with Crippen LogP contribution < -0.4 is 0 Å². The van der Waals surface area contributed by atoms with E-state index in [4.69, 9.17) is 0 Å². The third kappa shape index (κ3) is 5.24. The third-order valence-electron chi connectivity index (χ3n) is 4.92. The molecule has 0 saturated carbocycles. The number of rotatable bonds is 3. The summed E-state index contributed by atoms with van der Waals surface area (Å²) in [5.41, 5.74) is 6.18. The van der Waals surface area contributed by atoms with E-state index < -0.39 is 0 Å². The molecule has 21 heavy (non-hydrogen) atoms. The molecule has 116 valence electrons. The standard InChI is InChI=1S/C21H32/c1-8-16(2)11-12-17(3)18(4)13-14-20-19(5)10-9-15-21(20,6)7/h8,13,17H,9-10,14-15H2,1-7H3/b16-8-,18-13+. The smallest absolute Gasteiger partial charge is 0.0384 e. The van der Waals surface area contributed by atoms with Gasteiger partial charge in [0.2, 0.25) is 0 Å². The van der Waals surface area contributed by atoms with E-state index in [-0.39, 0.29) is 0 Å². The molecule has 0 aromatic heterocycles. The first kappa shape index (κ1) is 17.8. The molecule has 0 amide bonds. The average molecular weight is 284 g/mol. The van der Waals surface area contributed by atoms with Gasteiger partial charge in [0.1, 0.15) is 0 Å². The van der Waals surface area contributed by atoms with Gasteiger partial charge in [-0.1, -0.05) is 54.6 Å². The first-order chi connectivity index (χ1) is 9.77. The van der Waals surface area contributed by atoms with Gasteiger partial charge >= 0.3 is 0 Å². The molecule has 1 aliphatic carbocycles. The molecule has 0 aromatic rings. The lowest BCUT2D eigenvalue weighted by molar-refractivity contribution is 0.360. The molecule has 0 bridgehead atoms. The monoisotopic (exact) mass is 284 g/mol. The largest absolute Gasteiger partial charge is 0.0907 e. The summed E-state index contributed by atoms with van der Waals surface area (Å²) < 4.78 is 0. The van der Waals surface area contributed by atoms with E-state index in [1.165, 1.54) is 24.8 Å². The molecule has 1 rings (SSSR count).